The number of nitriles is 2. The minimum atomic E-state index is -3.67. The second-order valence-electron chi connectivity index (χ2n) is 5.03. The number of allylic oxidation sites excluding steroid dienone is 1. The topological polar surface area (TPSA) is 86.7 Å². The van der Waals surface area contributed by atoms with Crippen LogP contribution in [0, 0.1) is 22.7 Å². The SMILES string of the molecule is N#CC(C#N)=Cc1ccc2c(ccn2S(=O)(=O)c2ccccc2)c1. The summed E-state index contributed by atoms with van der Waals surface area (Å²) >= 11 is 0. The van der Waals surface area contributed by atoms with Gasteiger partial charge in [0.2, 0.25) is 0 Å². The van der Waals surface area contributed by atoms with Gasteiger partial charge in [-0.15, -0.1) is 0 Å². The summed E-state index contributed by atoms with van der Waals surface area (Å²) in [5, 5.41) is 18.3. The van der Waals surface area contributed by atoms with E-state index in [4.69, 9.17) is 10.5 Å². The summed E-state index contributed by atoms with van der Waals surface area (Å²) in [5.74, 6) is 0. The molecule has 0 amide bonds. The van der Waals surface area contributed by atoms with Crippen molar-refractivity contribution in [3.8, 4) is 12.1 Å². The van der Waals surface area contributed by atoms with Crippen molar-refractivity contribution in [3.63, 3.8) is 0 Å². The van der Waals surface area contributed by atoms with Gasteiger partial charge < -0.3 is 0 Å². The zero-order chi connectivity index (χ0) is 17.2. The molecule has 0 aliphatic carbocycles. The maximum Gasteiger partial charge on any atom is 0.268 e. The average molecular weight is 333 g/mol. The largest absolute Gasteiger partial charge is 0.268 e. The minimum absolute atomic E-state index is 0.00862. The van der Waals surface area contributed by atoms with Crippen molar-refractivity contribution in [2.75, 3.05) is 0 Å². The molecular formula is C18H11N3O2S. The summed E-state index contributed by atoms with van der Waals surface area (Å²) in [6.07, 6.45) is 2.96. The first-order valence-corrected chi connectivity index (χ1v) is 8.44. The Balaban J connectivity index is 2.12. The first-order valence-electron chi connectivity index (χ1n) is 7.00. The van der Waals surface area contributed by atoms with Crippen LogP contribution in [0.3, 0.4) is 0 Å². The number of fused-ring (bicyclic) bond motifs is 1. The number of hydrogen-bond acceptors (Lipinski definition) is 4. The predicted molar refractivity (Wildman–Crippen MR) is 90.2 cm³/mol. The number of benzene rings is 2. The van der Waals surface area contributed by atoms with Crippen molar-refractivity contribution >= 4 is 27.0 Å². The average Bonchev–Trinajstić information content (AvgIpc) is 3.04. The Hall–Kier alpha value is -3.35. The van der Waals surface area contributed by atoms with Gasteiger partial charge in [-0.2, -0.15) is 10.5 Å². The molecule has 6 heteroatoms. The molecule has 0 saturated carbocycles. The standard InChI is InChI=1S/C18H11N3O2S/c19-12-15(13-20)10-14-6-7-18-16(11-14)8-9-21(18)24(22,23)17-4-2-1-3-5-17/h1-11H. The van der Waals surface area contributed by atoms with Gasteiger partial charge in [0, 0.05) is 11.6 Å². The quantitative estimate of drug-likeness (QED) is 0.688. The van der Waals surface area contributed by atoms with Gasteiger partial charge in [-0.3, -0.25) is 0 Å². The summed E-state index contributed by atoms with van der Waals surface area (Å²) < 4.78 is 26.7. The lowest BCUT2D eigenvalue weighted by atomic mass is 10.1. The van der Waals surface area contributed by atoms with Crippen LogP contribution in [0.2, 0.25) is 0 Å². The van der Waals surface area contributed by atoms with E-state index in [-0.39, 0.29) is 10.5 Å². The van der Waals surface area contributed by atoms with Gasteiger partial charge in [0.1, 0.15) is 17.7 Å². The molecule has 5 nitrogen and oxygen atoms in total. The number of hydrogen-bond donors (Lipinski definition) is 0. The summed E-state index contributed by atoms with van der Waals surface area (Å²) in [5.41, 5.74) is 1.19. The third-order valence-electron chi connectivity index (χ3n) is 3.53. The van der Waals surface area contributed by atoms with E-state index in [1.54, 1.807) is 66.7 Å². The Morgan fingerprint density at radius 1 is 1.00 bits per heavy atom. The molecule has 0 aliphatic heterocycles. The molecule has 24 heavy (non-hydrogen) atoms. The normalized spacial score (nSPS) is 10.8. The van der Waals surface area contributed by atoms with Gasteiger partial charge in [0.05, 0.1) is 10.4 Å². The highest BCUT2D eigenvalue weighted by Gasteiger charge is 2.18. The highest BCUT2D eigenvalue weighted by Crippen LogP contribution is 2.24. The van der Waals surface area contributed by atoms with Gasteiger partial charge in [0.15, 0.2) is 0 Å². The van der Waals surface area contributed by atoms with Crippen molar-refractivity contribution in [1.29, 1.82) is 10.5 Å². The molecule has 3 rings (SSSR count). The Morgan fingerprint density at radius 2 is 1.71 bits per heavy atom. The second kappa shape index (κ2) is 6.04. The lowest BCUT2D eigenvalue weighted by Gasteiger charge is -2.07. The first kappa shape index (κ1) is 15.5. The van der Waals surface area contributed by atoms with Crippen molar-refractivity contribution < 1.29 is 8.42 Å². The van der Waals surface area contributed by atoms with Crippen LogP contribution in [0.4, 0.5) is 0 Å². The first-order chi connectivity index (χ1) is 11.6. The highest BCUT2D eigenvalue weighted by molar-refractivity contribution is 7.90. The monoisotopic (exact) mass is 333 g/mol. The van der Waals surface area contributed by atoms with Crippen LogP contribution in [-0.4, -0.2) is 12.4 Å². The number of nitrogens with zero attached hydrogens (tertiary/aromatic N) is 3. The fourth-order valence-electron chi connectivity index (χ4n) is 2.40. The summed E-state index contributed by atoms with van der Waals surface area (Å²) in [7, 11) is -3.67. The van der Waals surface area contributed by atoms with E-state index < -0.39 is 10.0 Å². The van der Waals surface area contributed by atoms with E-state index >= 15 is 0 Å². The van der Waals surface area contributed by atoms with Crippen molar-refractivity contribution in [1.82, 2.24) is 3.97 Å². The number of aromatic nitrogens is 1. The smallest absolute Gasteiger partial charge is 0.241 e. The van der Waals surface area contributed by atoms with Crippen LogP contribution in [-0.2, 0) is 10.0 Å². The summed E-state index contributed by atoms with van der Waals surface area (Å²) in [6.45, 7) is 0. The summed E-state index contributed by atoms with van der Waals surface area (Å²) in [6, 6.07) is 18.6. The molecule has 0 atom stereocenters. The van der Waals surface area contributed by atoms with E-state index in [0.29, 0.717) is 16.5 Å². The summed E-state index contributed by atoms with van der Waals surface area (Å²) in [4.78, 5) is 0.211. The van der Waals surface area contributed by atoms with Gasteiger partial charge >= 0.3 is 0 Å². The van der Waals surface area contributed by atoms with Crippen molar-refractivity contribution in [2.45, 2.75) is 4.90 Å². The molecule has 2 aromatic carbocycles. The molecule has 1 aromatic heterocycles. The van der Waals surface area contributed by atoms with Crippen LogP contribution in [0.5, 0.6) is 0 Å². The maximum atomic E-state index is 12.7. The van der Waals surface area contributed by atoms with Gasteiger partial charge in [-0.25, -0.2) is 12.4 Å². The molecule has 0 radical (unpaired) electrons. The van der Waals surface area contributed by atoms with Crippen LogP contribution < -0.4 is 0 Å². The Kier molecular flexibility index (Phi) is 3.91. The van der Waals surface area contributed by atoms with Crippen LogP contribution >= 0.6 is 0 Å². The van der Waals surface area contributed by atoms with E-state index in [2.05, 4.69) is 0 Å². The second-order valence-corrected chi connectivity index (χ2v) is 6.84. The van der Waals surface area contributed by atoms with E-state index in [1.807, 2.05) is 0 Å². The van der Waals surface area contributed by atoms with Crippen LogP contribution in [0.15, 0.2) is 71.3 Å². The van der Waals surface area contributed by atoms with Crippen molar-refractivity contribution in [3.05, 3.63) is 71.9 Å². The fraction of sp³-hybridized carbons (Fsp3) is 0. The zero-order valence-electron chi connectivity index (χ0n) is 12.4. The van der Waals surface area contributed by atoms with E-state index in [0.717, 1.165) is 0 Å². The molecule has 1 heterocycles. The Labute approximate surface area is 139 Å². The molecule has 0 bridgehead atoms. The van der Waals surface area contributed by atoms with E-state index in [9.17, 15) is 8.42 Å². The molecule has 0 saturated heterocycles. The third-order valence-corrected chi connectivity index (χ3v) is 5.23. The van der Waals surface area contributed by atoms with Gasteiger partial charge in [0.25, 0.3) is 10.0 Å². The molecule has 0 spiro atoms. The lowest BCUT2D eigenvalue weighted by Crippen LogP contribution is -2.11. The number of rotatable bonds is 3. The fourth-order valence-corrected chi connectivity index (χ4v) is 3.77. The van der Waals surface area contributed by atoms with Gasteiger partial charge in [-0.1, -0.05) is 24.3 Å². The molecule has 116 valence electrons. The lowest BCUT2D eigenvalue weighted by molar-refractivity contribution is 0.589. The molecule has 0 aliphatic rings. The molecule has 3 aromatic rings. The van der Waals surface area contributed by atoms with E-state index in [1.165, 1.54) is 16.2 Å². The minimum Gasteiger partial charge on any atom is -0.241 e. The molecule has 0 N–H and O–H groups in total. The third kappa shape index (κ3) is 2.67. The maximum absolute atomic E-state index is 12.7. The predicted octanol–water partition coefficient (Wildman–Crippen LogP) is 3.31. The molecule has 0 fully saturated rings. The van der Waals surface area contributed by atoms with Gasteiger partial charge in [-0.05, 0) is 42.0 Å². The van der Waals surface area contributed by atoms with Crippen LogP contribution in [0.1, 0.15) is 5.56 Å². The van der Waals surface area contributed by atoms with Crippen LogP contribution in [0.25, 0.3) is 17.0 Å². The molecular weight excluding hydrogens is 322 g/mol. The molecule has 0 unspecified atom stereocenters. The Bertz CT molecular complexity index is 1110. The van der Waals surface area contributed by atoms with Crippen molar-refractivity contribution in [2.24, 2.45) is 0 Å². The highest BCUT2D eigenvalue weighted by atomic mass is 32.2. The Morgan fingerprint density at radius 3 is 2.38 bits per heavy atom. The zero-order valence-corrected chi connectivity index (χ0v) is 13.2.